The molecule has 6 heteroatoms. The Morgan fingerprint density at radius 2 is 1.91 bits per heavy atom. The van der Waals surface area contributed by atoms with Crippen molar-refractivity contribution in [2.75, 3.05) is 32.1 Å². The third kappa shape index (κ3) is 6.58. The lowest BCUT2D eigenvalue weighted by atomic mass is 10.3. The Kier molecular flexibility index (Phi) is 7.39. The molecule has 0 saturated carbocycles. The van der Waals surface area contributed by atoms with Crippen LogP contribution in [0.25, 0.3) is 0 Å². The number of methoxy groups -OCH3 is 1. The maximum absolute atomic E-state index is 12.1. The fraction of sp³-hybridized carbons (Fsp3) is 0.500. The molecule has 0 fully saturated rings. The van der Waals surface area contributed by atoms with Crippen LogP contribution in [0.2, 0.25) is 0 Å². The maximum atomic E-state index is 12.1. The Labute approximate surface area is 131 Å². The van der Waals surface area contributed by atoms with Gasteiger partial charge in [-0.2, -0.15) is 0 Å². The van der Waals surface area contributed by atoms with Gasteiger partial charge >= 0.3 is 0 Å². The number of anilines is 1. The molecule has 1 unspecified atom stereocenters. The van der Waals surface area contributed by atoms with Gasteiger partial charge in [-0.15, -0.1) is 0 Å². The first-order valence-electron chi connectivity index (χ1n) is 7.51. The smallest absolute Gasteiger partial charge is 0.279 e. The molecule has 22 heavy (non-hydrogen) atoms. The minimum atomic E-state index is -0.123. The molecule has 0 aliphatic carbocycles. The molecule has 1 atom stereocenters. The van der Waals surface area contributed by atoms with Gasteiger partial charge in [0.25, 0.3) is 11.8 Å². The third-order valence-electron chi connectivity index (χ3n) is 3.12. The molecule has 0 aliphatic heterocycles. The van der Waals surface area contributed by atoms with E-state index in [0.717, 1.165) is 4.90 Å². The lowest BCUT2D eigenvalue weighted by Crippen LogP contribution is -3.14. The zero-order valence-electron chi connectivity index (χ0n) is 13.7. The van der Waals surface area contributed by atoms with Crippen molar-refractivity contribution < 1.29 is 19.2 Å². The number of benzene rings is 1. The number of rotatable bonds is 8. The van der Waals surface area contributed by atoms with E-state index in [4.69, 9.17) is 4.74 Å². The predicted octanol–water partition coefficient (Wildman–Crippen LogP) is 0.0631. The Morgan fingerprint density at radius 3 is 2.50 bits per heavy atom. The van der Waals surface area contributed by atoms with Crippen LogP contribution in [0.15, 0.2) is 24.3 Å². The molecule has 0 saturated heterocycles. The van der Waals surface area contributed by atoms with Gasteiger partial charge in [0.05, 0.1) is 13.7 Å². The quantitative estimate of drug-likeness (QED) is 0.636. The average Bonchev–Trinajstić information content (AvgIpc) is 2.45. The van der Waals surface area contributed by atoms with E-state index < -0.39 is 0 Å². The van der Waals surface area contributed by atoms with Crippen LogP contribution in [0, 0.1) is 0 Å². The summed E-state index contributed by atoms with van der Waals surface area (Å²) in [6, 6.07) is 7.30. The molecular weight excluding hydrogens is 282 g/mol. The summed E-state index contributed by atoms with van der Waals surface area (Å²) in [5.41, 5.74) is 0.687. The molecule has 0 spiro atoms. The van der Waals surface area contributed by atoms with Crippen molar-refractivity contribution in [1.29, 1.82) is 0 Å². The predicted molar refractivity (Wildman–Crippen MR) is 86.1 cm³/mol. The summed E-state index contributed by atoms with van der Waals surface area (Å²) in [6.07, 6.45) is 0. The van der Waals surface area contributed by atoms with Crippen LogP contribution in [0.4, 0.5) is 5.69 Å². The second kappa shape index (κ2) is 9.04. The molecule has 0 heterocycles. The number of likely N-dealkylation sites (N-methyl/N-ethyl adjacent to an activating group) is 1. The second-order valence-electron chi connectivity index (χ2n) is 5.46. The number of quaternary nitrogens is 1. The summed E-state index contributed by atoms with van der Waals surface area (Å²) in [5.74, 6) is 0.525. The molecule has 0 radical (unpaired) electrons. The lowest BCUT2D eigenvalue weighted by molar-refractivity contribution is -0.881. The van der Waals surface area contributed by atoms with Crippen LogP contribution in [0.3, 0.4) is 0 Å². The van der Waals surface area contributed by atoms with E-state index in [0.29, 0.717) is 24.5 Å². The summed E-state index contributed by atoms with van der Waals surface area (Å²) in [5, 5.41) is 5.66. The summed E-state index contributed by atoms with van der Waals surface area (Å²) in [7, 11) is 1.58. The summed E-state index contributed by atoms with van der Waals surface area (Å²) in [4.78, 5) is 24.8. The van der Waals surface area contributed by atoms with Gasteiger partial charge in [-0.05, 0) is 32.9 Å². The number of carbonyl (C=O) groups excluding carboxylic acids is 2. The number of ether oxygens (including phenoxy) is 1. The molecular formula is C16H26N3O3+. The normalized spacial score (nSPS) is 11.9. The molecule has 0 bridgehead atoms. The Bertz CT molecular complexity index is 503. The fourth-order valence-electron chi connectivity index (χ4n) is 2.05. The van der Waals surface area contributed by atoms with Gasteiger partial charge in [0, 0.05) is 17.8 Å². The van der Waals surface area contributed by atoms with Crippen molar-refractivity contribution in [1.82, 2.24) is 5.32 Å². The number of amides is 2. The van der Waals surface area contributed by atoms with Gasteiger partial charge in [-0.3, -0.25) is 9.59 Å². The molecule has 0 aromatic heterocycles. The van der Waals surface area contributed by atoms with Crippen LogP contribution in [-0.4, -0.2) is 44.6 Å². The van der Waals surface area contributed by atoms with Gasteiger partial charge in [-0.1, -0.05) is 6.07 Å². The summed E-state index contributed by atoms with van der Waals surface area (Å²) < 4.78 is 5.12. The minimum Gasteiger partial charge on any atom is -0.497 e. The van der Waals surface area contributed by atoms with E-state index in [-0.39, 0.29) is 24.4 Å². The van der Waals surface area contributed by atoms with Gasteiger partial charge in [-0.25, -0.2) is 0 Å². The highest BCUT2D eigenvalue weighted by Gasteiger charge is 2.17. The Morgan fingerprint density at radius 1 is 1.23 bits per heavy atom. The average molecular weight is 308 g/mol. The molecule has 1 aromatic rings. The van der Waals surface area contributed by atoms with E-state index >= 15 is 0 Å². The SMILES string of the molecule is CC[NH+](CC(=O)Nc1cccc(OC)c1)CC(=O)NC(C)C. The second-order valence-corrected chi connectivity index (χ2v) is 5.46. The van der Waals surface area contributed by atoms with Crippen molar-refractivity contribution in [2.24, 2.45) is 0 Å². The maximum Gasteiger partial charge on any atom is 0.279 e. The fourth-order valence-corrected chi connectivity index (χ4v) is 2.05. The van der Waals surface area contributed by atoms with Crippen LogP contribution >= 0.6 is 0 Å². The Balaban J connectivity index is 2.52. The molecule has 122 valence electrons. The first kappa shape index (κ1) is 18.0. The number of hydrogen-bond acceptors (Lipinski definition) is 3. The van der Waals surface area contributed by atoms with Crippen molar-refractivity contribution in [3.63, 3.8) is 0 Å². The minimum absolute atomic E-state index is 0.0407. The van der Waals surface area contributed by atoms with E-state index in [9.17, 15) is 9.59 Å². The van der Waals surface area contributed by atoms with E-state index in [1.54, 1.807) is 19.2 Å². The van der Waals surface area contributed by atoms with Gasteiger partial charge in [0.1, 0.15) is 5.75 Å². The van der Waals surface area contributed by atoms with Crippen LogP contribution in [0.1, 0.15) is 20.8 Å². The van der Waals surface area contributed by atoms with E-state index in [1.807, 2.05) is 32.9 Å². The first-order valence-corrected chi connectivity index (χ1v) is 7.51. The van der Waals surface area contributed by atoms with Crippen molar-refractivity contribution in [3.05, 3.63) is 24.3 Å². The summed E-state index contributed by atoms with van der Waals surface area (Å²) >= 11 is 0. The molecule has 3 N–H and O–H groups in total. The lowest BCUT2D eigenvalue weighted by Gasteiger charge is -2.18. The highest BCUT2D eigenvalue weighted by Crippen LogP contribution is 2.16. The zero-order valence-corrected chi connectivity index (χ0v) is 13.7. The highest BCUT2D eigenvalue weighted by molar-refractivity contribution is 5.91. The molecule has 1 aromatic carbocycles. The van der Waals surface area contributed by atoms with Gasteiger partial charge in [0.15, 0.2) is 13.1 Å². The number of nitrogens with one attached hydrogen (secondary N) is 3. The topological polar surface area (TPSA) is 71.9 Å². The molecule has 1 rings (SSSR count). The molecule has 2 amide bonds. The van der Waals surface area contributed by atoms with E-state index in [1.165, 1.54) is 0 Å². The van der Waals surface area contributed by atoms with Crippen LogP contribution < -0.4 is 20.3 Å². The molecule has 0 aliphatic rings. The summed E-state index contributed by atoms with van der Waals surface area (Å²) in [6.45, 7) is 7.03. The Hall–Kier alpha value is -2.08. The largest absolute Gasteiger partial charge is 0.497 e. The van der Waals surface area contributed by atoms with E-state index in [2.05, 4.69) is 10.6 Å². The standard InChI is InChI=1S/C16H25N3O3/c1-5-19(10-15(20)17-12(2)3)11-16(21)18-13-7-6-8-14(9-13)22-4/h6-9,12H,5,10-11H2,1-4H3,(H,17,20)(H,18,21)/p+1. The first-order chi connectivity index (χ1) is 10.4. The molecule has 6 nitrogen and oxygen atoms in total. The zero-order chi connectivity index (χ0) is 16.5. The number of hydrogen-bond donors (Lipinski definition) is 3. The number of carbonyl (C=O) groups is 2. The van der Waals surface area contributed by atoms with Gasteiger partial charge in [0.2, 0.25) is 0 Å². The van der Waals surface area contributed by atoms with Crippen molar-refractivity contribution >= 4 is 17.5 Å². The monoisotopic (exact) mass is 308 g/mol. The van der Waals surface area contributed by atoms with Crippen molar-refractivity contribution in [3.8, 4) is 5.75 Å². The van der Waals surface area contributed by atoms with Crippen molar-refractivity contribution in [2.45, 2.75) is 26.8 Å². The van der Waals surface area contributed by atoms with Crippen LogP contribution in [-0.2, 0) is 9.59 Å². The third-order valence-corrected chi connectivity index (χ3v) is 3.12. The van der Waals surface area contributed by atoms with Crippen LogP contribution in [0.5, 0.6) is 5.75 Å². The highest BCUT2D eigenvalue weighted by atomic mass is 16.5. The van der Waals surface area contributed by atoms with Gasteiger partial charge < -0.3 is 20.3 Å².